The molecule has 0 amide bonds. The summed E-state index contributed by atoms with van der Waals surface area (Å²) in [6, 6.07) is 9.97. The summed E-state index contributed by atoms with van der Waals surface area (Å²) in [6.07, 6.45) is 1.73. The molecule has 0 aliphatic heterocycles. The highest BCUT2D eigenvalue weighted by molar-refractivity contribution is 5.85. The Morgan fingerprint density at radius 2 is 2.00 bits per heavy atom. The molecule has 1 aromatic carbocycles. The van der Waals surface area contributed by atoms with Crippen molar-refractivity contribution in [1.82, 2.24) is 0 Å². The Morgan fingerprint density at radius 1 is 1.38 bits per heavy atom. The molecule has 3 nitrogen and oxygen atoms in total. The van der Waals surface area contributed by atoms with Crippen molar-refractivity contribution >= 4 is 11.7 Å². The first-order valence-corrected chi connectivity index (χ1v) is 5.35. The molecule has 0 spiro atoms. The van der Waals surface area contributed by atoms with E-state index in [-0.39, 0.29) is 0 Å². The number of hydrogen-bond donors (Lipinski definition) is 1. The fourth-order valence-electron chi connectivity index (χ4n) is 1.39. The van der Waals surface area contributed by atoms with Gasteiger partial charge >= 0.3 is 5.97 Å². The number of rotatable bonds is 5. The molecule has 0 aromatic heterocycles. The minimum absolute atomic E-state index is 0.384. The van der Waals surface area contributed by atoms with Gasteiger partial charge in [-0.05, 0) is 26.0 Å². The lowest BCUT2D eigenvalue weighted by Crippen LogP contribution is -2.23. The smallest absolute Gasteiger partial charge is 0.331 e. The van der Waals surface area contributed by atoms with Gasteiger partial charge in [0.05, 0.1) is 0 Å². The van der Waals surface area contributed by atoms with Crippen molar-refractivity contribution < 1.29 is 9.90 Å². The van der Waals surface area contributed by atoms with Crippen molar-refractivity contribution in [3.8, 4) is 0 Å². The molecule has 0 aliphatic carbocycles. The fraction of sp³-hybridized carbons (Fsp3) is 0.308. The minimum atomic E-state index is -0.857. The van der Waals surface area contributed by atoms with Crippen LogP contribution in [0.2, 0.25) is 0 Å². The summed E-state index contributed by atoms with van der Waals surface area (Å²) in [5, 5.41) is 8.75. The predicted molar refractivity (Wildman–Crippen MR) is 65.7 cm³/mol. The van der Waals surface area contributed by atoms with E-state index < -0.39 is 5.97 Å². The molecule has 0 bridgehead atoms. The number of carboxylic acids is 1. The Hall–Kier alpha value is -1.77. The van der Waals surface area contributed by atoms with Crippen molar-refractivity contribution in [2.45, 2.75) is 13.8 Å². The molecule has 1 N–H and O–H groups in total. The second-order valence-electron chi connectivity index (χ2n) is 3.57. The largest absolute Gasteiger partial charge is 0.478 e. The number of nitrogens with zero attached hydrogens (tertiary/aromatic N) is 1. The van der Waals surface area contributed by atoms with Gasteiger partial charge < -0.3 is 10.0 Å². The molecule has 0 saturated carbocycles. The SMILES string of the molecule is CCN(CC=C(C)C(=O)O)c1ccccc1. The highest BCUT2D eigenvalue weighted by atomic mass is 16.4. The van der Waals surface area contributed by atoms with E-state index in [2.05, 4.69) is 11.8 Å². The van der Waals surface area contributed by atoms with Crippen LogP contribution in [0.15, 0.2) is 42.0 Å². The van der Waals surface area contributed by atoms with Gasteiger partial charge in [0.25, 0.3) is 0 Å². The van der Waals surface area contributed by atoms with Gasteiger partial charge in [-0.2, -0.15) is 0 Å². The molecule has 0 atom stereocenters. The number of para-hydroxylation sites is 1. The number of anilines is 1. The minimum Gasteiger partial charge on any atom is -0.478 e. The van der Waals surface area contributed by atoms with Crippen LogP contribution in [0.25, 0.3) is 0 Å². The van der Waals surface area contributed by atoms with Crippen LogP contribution in [-0.2, 0) is 4.79 Å². The van der Waals surface area contributed by atoms with Crippen LogP contribution >= 0.6 is 0 Å². The van der Waals surface area contributed by atoms with Crippen LogP contribution in [0.1, 0.15) is 13.8 Å². The van der Waals surface area contributed by atoms with Gasteiger partial charge in [-0.3, -0.25) is 0 Å². The lowest BCUT2D eigenvalue weighted by atomic mass is 10.2. The number of aliphatic carboxylic acids is 1. The second-order valence-corrected chi connectivity index (χ2v) is 3.57. The molecule has 0 unspecified atom stereocenters. The second kappa shape index (κ2) is 5.95. The molecule has 86 valence electrons. The third-order valence-corrected chi connectivity index (χ3v) is 2.46. The maximum atomic E-state index is 10.6. The average Bonchev–Trinajstić information content (AvgIpc) is 2.30. The summed E-state index contributed by atoms with van der Waals surface area (Å²) in [5.41, 5.74) is 1.49. The first-order chi connectivity index (χ1) is 7.65. The van der Waals surface area contributed by atoms with Crippen molar-refractivity contribution in [1.29, 1.82) is 0 Å². The van der Waals surface area contributed by atoms with Crippen LogP contribution in [0.3, 0.4) is 0 Å². The number of benzene rings is 1. The van der Waals surface area contributed by atoms with Gasteiger partial charge in [-0.1, -0.05) is 24.3 Å². The quantitative estimate of drug-likeness (QED) is 0.774. The molecule has 0 heterocycles. The van der Waals surface area contributed by atoms with Gasteiger partial charge in [0, 0.05) is 24.4 Å². The highest BCUT2D eigenvalue weighted by Gasteiger charge is 2.03. The summed E-state index contributed by atoms with van der Waals surface area (Å²) in [6.45, 7) is 5.14. The molecule has 3 heteroatoms. The Bertz CT molecular complexity index is 371. The Kier molecular flexibility index (Phi) is 4.58. The molecule has 0 aliphatic rings. The van der Waals surface area contributed by atoms with Gasteiger partial charge in [0.15, 0.2) is 0 Å². The summed E-state index contributed by atoms with van der Waals surface area (Å²) >= 11 is 0. The van der Waals surface area contributed by atoms with Crippen molar-refractivity contribution in [2.24, 2.45) is 0 Å². The Labute approximate surface area is 96.0 Å². The van der Waals surface area contributed by atoms with Crippen LogP contribution in [0, 0.1) is 0 Å². The molecular weight excluding hydrogens is 202 g/mol. The third-order valence-electron chi connectivity index (χ3n) is 2.46. The summed E-state index contributed by atoms with van der Waals surface area (Å²) < 4.78 is 0. The lowest BCUT2D eigenvalue weighted by Gasteiger charge is -2.21. The van der Waals surface area contributed by atoms with Gasteiger partial charge in [-0.15, -0.1) is 0 Å². The average molecular weight is 219 g/mol. The molecule has 0 fully saturated rings. The van der Waals surface area contributed by atoms with Gasteiger partial charge in [-0.25, -0.2) is 4.79 Å². The monoisotopic (exact) mass is 219 g/mol. The van der Waals surface area contributed by atoms with E-state index in [1.165, 1.54) is 0 Å². The van der Waals surface area contributed by atoms with Crippen LogP contribution in [0.5, 0.6) is 0 Å². The third kappa shape index (κ3) is 3.42. The van der Waals surface area contributed by atoms with E-state index in [1.807, 2.05) is 30.3 Å². The van der Waals surface area contributed by atoms with Crippen LogP contribution in [-0.4, -0.2) is 24.2 Å². The first kappa shape index (κ1) is 12.3. The zero-order valence-electron chi connectivity index (χ0n) is 9.68. The standard InChI is InChI=1S/C13H17NO2/c1-3-14(10-9-11(2)13(15)16)12-7-5-4-6-8-12/h4-9H,3,10H2,1-2H3,(H,15,16). The molecular formula is C13H17NO2. The van der Waals surface area contributed by atoms with E-state index in [0.717, 1.165) is 12.2 Å². The van der Waals surface area contributed by atoms with E-state index in [0.29, 0.717) is 12.1 Å². The van der Waals surface area contributed by atoms with E-state index in [1.54, 1.807) is 13.0 Å². The molecule has 1 rings (SSSR count). The molecule has 0 saturated heterocycles. The number of carbonyl (C=O) groups is 1. The molecule has 0 radical (unpaired) electrons. The highest BCUT2D eigenvalue weighted by Crippen LogP contribution is 2.12. The number of likely N-dealkylation sites (N-methyl/N-ethyl adjacent to an activating group) is 1. The van der Waals surface area contributed by atoms with Crippen LogP contribution in [0.4, 0.5) is 5.69 Å². The zero-order valence-corrected chi connectivity index (χ0v) is 9.68. The molecule has 1 aromatic rings. The van der Waals surface area contributed by atoms with E-state index in [4.69, 9.17) is 5.11 Å². The van der Waals surface area contributed by atoms with Crippen molar-refractivity contribution in [3.63, 3.8) is 0 Å². The molecule has 16 heavy (non-hydrogen) atoms. The first-order valence-electron chi connectivity index (χ1n) is 5.35. The number of carboxylic acid groups (broad SMARTS) is 1. The normalized spacial score (nSPS) is 11.2. The van der Waals surface area contributed by atoms with Crippen LogP contribution < -0.4 is 4.90 Å². The lowest BCUT2D eigenvalue weighted by molar-refractivity contribution is -0.132. The van der Waals surface area contributed by atoms with Gasteiger partial charge in [0.2, 0.25) is 0 Å². The van der Waals surface area contributed by atoms with E-state index in [9.17, 15) is 4.79 Å². The Morgan fingerprint density at radius 3 is 2.50 bits per heavy atom. The van der Waals surface area contributed by atoms with Crippen molar-refractivity contribution in [3.05, 3.63) is 42.0 Å². The fourth-order valence-corrected chi connectivity index (χ4v) is 1.39. The van der Waals surface area contributed by atoms with Crippen molar-refractivity contribution in [2.75, 3.05) is 18.0 Å². The summed E-state index contributed by atoms with van der Waals surface area (Å²) in [7, 11) is 0. The number of hydrogen-bond acceptors (Lipinski definition) is 2. The predicted octanol–water partition coefficient (Wildman–Crippen LogP) is 2.54. The summed E-state index contributed by atoms with van der Waals surface area (Å²) in [4.78, 5) is 12.8. The summed E-state index contributed by atoms with van der Waals surface area (Å²) in [5.74, 6) is -0.857. The Balaban J connectivity index is 2.71. The maximum Gasteiger partial charge on any atom is 0.331 e. The van der Waals surface area contributed by atoms with E-state index >= 15 is 0 Å². The zero-order chi connectivity index (χ0) is 12.0. The topological polar surface area (TPSA) is 40.5 Å². The maximum absolute atomic E-state index is 10.6. The van der Waals surface area contributed by atoms with Gasteiger partial charge in [0.1, 0.15) is 0 Å².